The van der Waals surface area contributed by atoms with Gasteiger partial charge in [-0.2, -0.15) is 13.2 Å². The van der Waals surface area contributed by atoms with Gasteiger partial charge >= 0.3 is 6.18 Å². The lowest BCUT2D eigenvalue weighted by Gasteiger charge is -2.10. The molecular weight excluding hydrogens is 359 g/mol. The molecule has 0 heterocycles. The topological polar surface area (TPSA) is 46.2 Å². The molecule has 3 nitrogen and oxygen atoms in total. The van der Waals surface area contributed by atoms with Crippen molar-refractivity contribution in [2.24, 2.45) is 0 Å². The number of nitrogens with one attached hydrogen (secondary N) is 1. The Hall–Kier alpha value is -0.600. The number of alkyl halides is 4. The van der Waals surface area contributed by atoms with Gasteiger partial charge in [-0.25, -0.2) is 13.1 Å². The van der Waals surface area contributed by atoms with Crippen molar-refractivity contribution in [2.75, 3.05) is 6.54 Å². The van der Waals surface area contributed by atoms with E-state index in [-0.39, 0.29) is 16.3 Å². The zero-order valence-corrected chi connectivity index (χ0v) is 13.1. The number of hydrogen-bond donors (Lipinski definition) is 1. The molecular formula is C12H15BrF3NO2S. The molecule has 0 aliphatic rings. The summed E-state index contributed by atoms with van der Waals surface area (Å²) in [5.41, 5.74) is -0.977. The minimum atomic E-state index is -4.56. The number of rotatable bonds is 6. The van der Waals surface area contributed by atoms with E-state index in [4.69, 9.17) is 0 Å². The van der Waals surface area contributed by atoms with E-state index in [1.807, 2.05) is 6.92 Å². The molecule has 0 aromatic heterocycles. The smallest absolute Gasteiger partial charge is 0.211 e. The summed E-state index contributed by atoms with van der Waals surface area (Å²) in [5, 5.41) is 0. The number of benzene rings is 1. The van der Waals surface area contributed by atoms with Gasteiger partial charge in [0, 0.05) is 11.4 Å². The predicted molar refractivity (Wildman–Crippen MR) is 74.3 cm³/mol. The van der Waals surface area contributed by atoms with Crippen molar-refractivity contribution < 1.29 is 21.6 Å². The highest BCUT2D eigenvalue weighted by atomic mass is 79.9. The Morgan fingerprint density at radius 2 is 2.00 bits per heavy atom. The second-order valence-electron chi connectivity index (χ2n) is 4.35. The normalized spacial score (nSPS) is 14.2. The zero-order valence-electron chi connectivity index (χ0n) is 10.7. The zero-order chi connectivity index (χ0) is 15.4. The molecule has 0 fully saturated rings. The maximum Gasteiger partial charge on any atom is 0.416 e. The molecule has 0 saturated heterocycles. The third-order valence-corrected chi connectivity index (χ3v) is 4.46. The maximum atomic E-state index is 12.5. The van der Waals surface area contributed by atoms with Gasteiger partial charge in [-0.3, -0.25) is 0 Å². The van der Waals surface area contributed by atoms with Crippen molar-refractivity contribution in [3.63, 3.8) is 0 Å². The van der Waals surface area contributed by atoms with Crippen LogP contribution in [0, 0.1) is 0 Å². The maximum absolute atomic E-state index is 12.5. The molecule has 0 bridgehead atoms. The summed E-state index contributed by atoms with van der Waals surface area (Å²) in [6, 6.07) is 3.70. The lowest BCUT2D eigenvalue weighted by molar-refractivity contribution is -0.137. The van der Waals surface area contributed by atoms with Gasteiger partial charge in [0.2, 0.25) is 10.0 Å². The number of sulfonamides is 1. The Bertz CT molecular complexity index is 544. The van der Waals surface area contributed by atoms with Gasteiger partial charge in [0.25, 0.3) is 0 Å². The van der Waals surface area contributed by atoms with E-state index in [0.29, 0.717) is 12.5 Å². The first-order valence-corrected chi connectivity index (χ1v) is 8.34. The van der Waals surface area contributed by atoms with Gasteiger partial charge in [-0.15, -0.1) is 0 Å². The molecule has 0 aliphatic carbocycles. The second-order valence-corrected chi connectivity index (χ2v) is 7.68. The minimum absolute atomic E-state index is 0.189. The third kappa shape index (κ3) is 5.41. The Balaban J connectivity index is 2.78. The summed E-state index contributed by atoms with van der Waals surface area (Å²) in [5.74, 6) is 0. The Morgan fingerprint density at radius 1 is 1.35 bits per heavy atom. The molecule has 1 unspecified atom stereocenters. The van der Waals surface area contributed by atoms with E-state index >= 15 is 0 Å². The monoisotopic (exact) mass is 373 g/mol. The van der Waals surface area contributed by atoms with E-state index in [1.54, 1.807) is 0 Å². The van der Waals surface area contributed by atoms with E-state index in [1.165, 1.54) is 0 Å². The number of hydrogen-bond acceptors (Lipinski definition) is 2. The van der Waals surface area contributed by atoms with Crippen LogP contribution in [0.25, 0.3) is 0 Å². The Morgan fingerprint density at radius 3 is 2.55 bits per heavy atom. The summed E-state index contributed by atoms with van der Waals surface area (Å²) >= 11 is 3.33. The molecule has 8 heteroatoms. The van der Waals surface area contributed by atoms with Crippen LogP contribution in [0.2, 0.25) is 0 Å². The Kier molecular flexibility index (Phi) is 6.03. The van der Waals surface area contributed by atoms with Crippen LogP contribution in [0.3, 0.4) is 0 Å². The first kappa shape index (κ1) is 17.5. The molecule has 20 heavy (non-hydrogen) atoms. The van der Waals surface area contributed by atoms with Crippen LogP contribution >= 0.6 is 15.9 Å². The molecule has 0 spiro atoms. The fourth-order valence-electron chi connectivity index (χ4n) is 1.51. The van der Waals surface area contributed by atoms with Crippen molar-refractivity contribution in [2.45, 2.75) is 35.7 Å². The molecule has 1 rings (SSSR count). The molecule has 1 atom stereocenters. The van der Waals surface area contributed by atoms with Gasteiger partial charge in [0.15, 0.2) is 0 Å². The van der Waals surface area contributed by atoms with Crippen LogP contribution in [0.5, 0.6) is 0 Å². The van der Waals surface area contributed by atoms with Crippen LogP contribution in [0.15, 0.2) is 29.2 Å². The van der Waals surface area contributed by atoms with Crippen molar-refractivity contribution in [1.29, 1.82) is 0 Å². The van der Waals surface area contributed by atoms with Crippen LogP contribution in [0.1, 0.15) is 25.3 Å². The SMILES string of the molecule is CC(Br)CCCNS(=O)(=O)c1cccc(C(F)(F)F)c1. The van der Waals surface area contributed by atoms with Crippen molar-refractivity contribution in [1.82, 2.24) is 4.72 Å². The molecule has 0 aliphatic heterocycles. The molecule has 0 saturated carbocycles. The third-order valence-electron chi connectivity index (χ3n) is 2.54. The average molecular weight is 374 g/mol. The molecule has 1 aromatic rings. The summed E-state index contributed by atoms with van der Waals surface area (Å²) in [4.78, 5) is -0.111. The highest BCUT2D eigenvalue weighted by Crippen LogP contribution is 2.30. The summed E-state index contributed by atoms with van der Waals surface area (Å²) < 4.78 is 63.6. The van der Waals surface area contributed by atoms with E-state index in [9.17, 15) is 21.6 Å². The standard InChI is InChI=1S/C12H15BrF3NO2S/c1-9(13)4-3-7-17-20(18,19)11-6-2-5-10(8-11)12(14,15)16/h2,5-6,8-9,17H,3-4,7H2,1H3. The van der Waals surface area contributed by atoms with Gasteiger partial charge in [0.05, 0.1) is 10.5 Å². The van der Waals surface area contributed by atoms with E-state index in [2.05, 4.69) is 20.7 Å². The molecule has 0 radical (unpaired) electrons. The first-order valence-electron chi connectivity index (χ1n) is 5.94. The van der Waals surface area contributed by atoms with Crippen LogP contribution < -0.4 is 4.72 Å². The quantitative estimate of drug-likeness (QED) is 0.612. The first-order chi connectivity index (χ1) is 9.13. The van der Waals surface area contributed by atoms with Crippen molar-refractivity contribution >= 4 is 26.0 Å². The highest BCUT2D eigenvalue weighted by Gasteiger charge is 2.31. The van der Waals surface area contributed by atoms with E-state index in [0.717, 1.165) is 24.6 Å². The van der Waals surface area contributed by atoms with E-state index < -0.39 is 21.8 Å². The fraction of sp³-hybridized carbons (Fsp3) is 0.500. The van der Waals surface area contributed by atoms with Gasteiger partial charge in [-0.05, 0) is 31.0 Å². The average Bonchev–Trinajstić information content (AvgIpc) is 2.34. The van der Waals surface area contributed by atoms with Crippen LogP contribution in [0.4, 0.5) is 13.2 Å². The summed E-state index contributed by atoms with van der Waals surface area (Å²) in [6.45, 7) is 2.12. The van der Waals surface area contributed by atoms with Gasteiger partial charge in [0.1, 0.15) is 0 Å². The number of halogens is 4. The summed E-state index contributed by atoms with van der Waals surface area (Å²) in [6.07, 6.45) is -3.19. The van der Waals surface area contributed by atoms with Crippen molar-refractivity contribution in [3.8, 4) is 0 Å². The van der Waals surface area contributed by atoms with Crippen LogP contribution in [-0.4, -0.2) is 19.8 Å². The lowest BCUT2D eigenvalue weighted by atomic mass is 10.2. The van der Waals surface area contributed by atoms with Crippen LogP contribution in [-0.2, 0) is 16.2 Å². The molecule has 1 N–H and O–H groups in total. The molecule has 0 amide bonds. The lowest BCUT2D eigenvalue weighted by Crippen LogP contribution is -2.25. The second kappa shape index (κ2) is 6.91. The molecule has 114 valence electrons. The fourth-order valence-corrected chi connectivity index (χ4v) is 2.96. The predicted octanol–water partition coefficient (Wildman–Crippen LogP) is 3.55. The largest absolute Gasteiger partial charge is 0.416 e. The molecule has 1 aromatic carbocycles. The highest BCUT2D eigenvalue weighted by molar-refractivity contribution is 9.09. The Labute approximate surface area is 124 Å². The van der Waals surface area contributed by atoms with Gasteiger partial charge < -0.3 is 0 Å². The minimum Gasteiger partial charge on any atom is -0.211 e. The summed E-state index contributed by atoms with van der Waals surface area (Å²) in [7, 11) is -3.91. The van der Waals surface area contributed by atoms with Crippen molar-refractivity contribution in [3.05, 3.63) is 29.8 Å². The van der Waals surface area contributed by atoms with Gasteiger partial charge in [-0.1, -0.05) is 28.9 Å².